The molecule has 1 aliphatic heterocycles. The molecule has 0 radical (unpaired) electrons. The Bertz CT molecular complexity index is 653. The fraction of sp³-hybridized carbons (Fsp3) is 0.500. The van der Waals surface area contributed by atoms with Gasteiger partial charge in [-0.25, -0.2) is 18.1 Å². The molecular weight excluding hydrogens is 382 g/mol. The van der Waals surface area contributed by atoms with Crippen LogP contribution in [0.3, 0.4) is 0 Å². The summed E-state index contributed by atoms with van der Waals surface area (Å²) in [7, 11) is -3.29. The van der Waals surface area contributed by atoms with Gasteiger partial charge in [0.05, 0.1) is 11.8 Å². The van der Waals surface area contributed by atoms with Crippen molar-refractivity contribution in [3.8, 4) is 0 Å². The Balaban J connectivity index is 2.14. The quantitative estimate of drug-likeness (QED) is 0.788. The average molecular weight is 397 g/mol. The van der Waals surface area contributed by atoms with Crippen LogP contribution in [0.25, 0.3) is 0 Å². The maximum Gasteiger partial charge on any atom is 0.257 e. The van der Waals surface area contributed by atoms with Crippen LogP contribution < -0.4 is 4.72 Å². The van der Waals surface area contributed by atoms with Gasteiger partial charge in [0.1, 0.15) is 5.15 Å². The lowest BCUT2D eigenvalue weighted by atomic mass is 10.1. The van der Waals surface area contributed by atoms with Gasteiger partial charge < -0.3 is 4.90 Å². The van der Waals surface area contributed by atoms with Crippen LogP contribution >= 0.6 is 27.5 Å². The minimum absolute atomic E-state index is 0.140. The molecule has 0 aromatic carbocycles. The zero-order valence-electron chi connectivity index (χ0n) is 11.3. The maximum absolute atomic E-state index is 12.5. The number of hydrogen-bond acceptors (Lipinski definition) is 4. The molecule has 1 atom stereocenters. The topological polar surface area (TPSA) is 79.4 Å². The zero-order chi connectivity index (χ0) is 15.6. The van der Waals surface area contributed by atoms with E-state index in [9.17, 15) is 13.2 Å². The molecule has 1 amide bonds. The van der Waals surface area contributed by atoms with E-state index in [4.69, 9.17) is 11.6 Å². The third-order valence-electron chi connectivity index (χ3n) is 3.13. The van der Waals surface area contributed by atoms with Crippen LogP contribution in [0, 0.1) is 0 Å². The third-order valence-corrected chi connectivity index (χ3v) is 4.62. The summed E-state index contributed by atoms with van der Waals surface area (Å²) in [6.07, 6.45) is 4.07. The molecule has 1 aromatic rings. The van der Waals surface area contributed by atoms with Crippen molar-refractivity contribution in [2.24, 2.45) is 0 Å². The summed E-state index contributed by atoms with van der Waals surface area (Å²) in [5, 5.41) is 0.140. The number of piperidine rings is 1. The smallest absolute Gasteiger partial charge is 0.257 e. The predicted molar refractivity (Wildman–Crippen MR) is 83.9 cm³/mol. The second kappa shape index (κ2) is 6.60. The summed E-state index contributed by atoms with van der Waals surface area (Å²) in [4.78, 5) is 18.0. The molecule has 2 heterocycles. The van der Waals surface area contributed by atoms with Gasteiger partial charge in [-0.3, -0.25) is 4.79 Å². The molecule has 21 heavy (non-hydrogen) atoms. The predicted octanol–water partition coefficient (Wildman–Crippen LogP) is 1.65. The number of nitrogens with zero attached hydrogens (tertiary/aromatic N) is 2. The van der Waals surface area contributed by atoms with Gasteiger partial charge in [-0.1, -0.05) is 11.6 Å². The first kappa shape index (κ1) is 16.7. The molecule has 1 fully saturated rings. The zero-order valence-corrected chi connectivity index (χ0v) is 14.5. The molecule has 0 aliphatic carbocycles. The van der Waals surface area contributed by atoms with Crippen molar-refractivity contribution < 1.29 is 13.2 Å². The highest BCUT2D eigenvalue weighted by Gasteiger charge is 2.27. The van der Waals surface area contributed by atoms with Crippen molar-refractivity contribution in [1.29, 1.82) is 0 Å². The monoisotopic (exact) mass is 395 g/mol. The van der Waals surface area contributed by atoms with Crippen LogP contribution in [0.4, 0.5) is 0 Å². The number of likely N-dealkylation sites (tertiary alicyclic amines) is 1. The Morgan fingerprint density at radius 1 is 1.57 bits per heavy atom. The van der Waals surface area contributed by atoms with Gasteiger partial charge in [0.2, 0.25) is 10.0 Å². The largest absolute Gasteiger partial charge is 0.337 e. The first-order valence-corrected chi connectivity index (χ1v) is 9.40. The number of nitrogens with one attached hydrogen (secondary N) is 1. The highest BCUT2D eigenvalue weighted by atomic mass is 79.9. The number of pyridine rings is 1. The number of carbonyl (C=O) groups excluding carboxylic acids is 1. The van der Waals surface area contributed by atoms with Gasteiger partial charge in [0.25, 0.3) is 5.91 Å². The van der Waals surface area contributed by atoms with Gasteiger partial charge >= 0.3 is 0 Å². The molecule has 1 N–H and O–H groups in total. The van der Waals surface area contributed by atoms with Gasteiger partial charge in [-0.15, -0.1) is 0 Å². The summed E-state index contributed by atoms with van der Waals surface area (Å²) in [6, 6.07) is 1.35. The molecule has 0 bridgehead atoms. The van der Waals surface area contributed by atoms with E-state index < -0.39 is 10.0 Å². The number of hydrogen-bond donors (Lipinski definition) is 1. The molecule has 1 aromatic heterocycles. The maximum atomic E-state index is 12.5. The Hall–Kier alpha value is -0.700. The van der Waals surface area contributed by atoms with E-state index in [0.29, 0.717) is 29.5 Å². The molecular formula is C12H15BrClN3O3S. The SMILES string of the molecule is CS(=O)(=O)NC1CCCN(C(=O)c2cc(Br)cnc2Cl)C1. The van der Waals surface area contributed by atoms with E-state index >= 15 is 0 Å². The fourth-order valence-corrected chi connectivity index (χ4v) is 3.62. The summed E-state index contributed by atoms with van der Waals surface area (Å²) in [5.41, 5.74) is 0.311. The highest BCUT2D eigenvalue weighted by Crippen LogP contribution is 2.21. The first-order chi connectivity index (χ1) is 9.76. The molecule has 0 spiro atoms. The number of sulfonamides is 1. The molecule has 9 heteroatoms. The Morgan fingerprint density at radius 3 is 2.95 bits per heavy atom. The summed E-state index contributed by atoms with van der Waals surface area (Å²) in [6.45, 7) is 0.901. The lowest BCUT2D eigenvalue weighted by Gasteiger charge is -2.32. The van der Waals surface area contributed by atoms with E-state index in [0.717, 1.165) is 12.7 Å². The molecule has 116 valence electrons. The van der Waals surface area contributed by atoms with Gasteiger partial charge in [-0.2, -0.15) is 0 Å². The van der Waals surface area contributed by atoms with Gasteiger partial charge in [0.15, 0.2) is 0 Å². The normalized spacial score (nSPS) is 19.6. The molecule has 0 saturated carbocycles. The second-order valence-electron chi connectivity index (χ2n) is 4.97. The van der Waals surface area contributed by atoms with Crippen molar-refractivity contribution in [3.63, 3.8) is 0 Å². The molecule has 1 unspecified atom stereocenters. The van der Waals surface area contributed by atoms with Gasteiger partial charge in [0, 0.05) is 29.8 Å². The third kappa shape index (κ3) is 4.64. The van der Waals surface area contributed by atoms with Crippen molar-refractivity contribution in [3.05, 3.63) is 27.5 Å². The standard InChI is InChI=1S/C12H15BrClN3O3S/c1-21(19,20)16-9-3-2-4-17(7-9)12(18)10-5-8(13)6-15-11(10)14/h5-6,9,16H,2-4,7H2,1H3. The number of rotatable bonds is 3. The van der Waals surface area contributed by atoms with Crippen LogP contribution in [0.2, 0.25) is 5.15 Å². The Kier molecular flexibility index (Phi) is 5.24. The van der Waals surface area contributed by atoms with Gasteiger partial charge in [-0.05, 0) is 34.8 Å². The molecule has 6 nitrogen and oxygen atoms in total. The fourth-order valence-electron chi connectivity index (χ4n) is 2.30. The first-order valence-electron chi connectivity index (χ1n) is 6.34. The van der Waals surface area contributed by atoms with E-state index in [2.05, 4.69) is 25.6 Å². The van der Waals surface area contributed by atoms with Crippen molar-refractivity contribution in [2.75, 3.05) is 19.3 Å². The summed E-state index contributed by atoms with van der Waals surface area (Å²) in [5.74, 6) is -0.242. The minimum atomic E-state index is -3.29. The lowest BCUT2D eigenvalue weighted by Crippen LogP contribution is -2.49. The second-order valence-corrected chi connectivity index (χ2v) is 8.03. The summed E-state index contributed by atoms with van der Waals surface area (Å²) < 4.78 is 25.8. The molecule has 2 rings (SSSR count). The minimum Gasteiger partial charge on any atom is -0.337 e. The molecule has 1 saturated heterocycles. The van der Waals surface area contributed by atoms with Crippen LogP contribution in [-0.4, -0.2) is 49.6 Å². The van der Waals surface area contributed by atoms with Crippen molar-refractivity contribution >= 4 is 43.5 Å². The van der Waals surface area contributed by atoms with Crippen LogP contribution in [0.5, 0.6) is 0 Å². The summed E-state index contributed by atoms with van der Waals surface area (Å²) >= 11 is 9.22. The molecule has 1 aliphatic rings. The van der Waals surface area contributed by atoms with E-state index in [-0.39, 0.29) is 17.1 Å². The number of halogens is 2. The van der Waals surface area contributed by atoms with Crippen LogP contribution in [0.15, 0.2) is 16.7 Å². The highest BCUT2D eigenvalue weighted by molar-refractivity contribution is 9.10. The van der Waals surface area contributed by atoms with Crippen LogP contribution in [0.1, 0.15) is 23.2 Å². The number of carbonyl (C=O) groups is 1. The van der Waals surface area contributed by atoms with E-state index in [1.165, 1.54) is 6.20 Å². The number of amides is 1. The Morgan fingerprint density at radius 2 is 2.29 bits per heavy atom. The van der Waals surface area contributed by atoms with Crippen molar-refractivity contribution in [2.45, 2.75) is 18.9 Å². The van der Waals surface area contributed by atoms with Crippen LogP contribution in [-0.2, 0) is 10.0 Å². The van der Waals surface area contributed by atoms with E-state index in [1.54, 1.807) is 11.0 Å². The number of aromatic nitrogens is 1. The lowest BCUT2D eigenvalue weighted by molar-refractivity contribution is 0.0703. The van der Waals surface area contributed by atoms with E-state index in [1.807, 2.05) is 0 Å². The average Bonchev–Trinajstić information content (AvgIpc) is 2.39. The van der Waals surface area contributed by atoms with Crippen molar-refractivity contribution in [1.82, 2.24) is 14.6 Å². The Labute approximate surface area is 137 Å².